The lowest BCUT2D eigenvalue weighted by atomic mass is 9.54. The average Bonchev–Trinajstić information content (AvgIpc) is 2.95. The molecule has 2 nitrogen and oxygen atoms in total. The third kappa shape index (κ3) is 2.19. The number of carbonyl (C=O) groups excluding carboxylic acids is 1. The molecule has 0 spiro atoms. The smallest absolute Gasteiger partial charge is 0.310 e. The number of ether oxygens (including phenoxy) is 1. The van der Waals surface area contributed by atoms with E-state index in [1.54, 1.807) is 11.1 Å². The summed E-state index contributed by atoms with van der Waals surface area (Å²) in [5, 5.41) is 0. The molecular formula is C23H28O2. The average molecular weight is 336 g/mol. The molecule has 1 saturated heterocycles. The van der Waals surface area contributed by atoms with E-state index in [1.165, 1.54) is 56.9 Å². The van der Waals surface area contributed by atoms with E-state index in [1.807, 2.05) is 6.07 Å². The van der Waals surface area contributed by atoms with E-state index in [9.17, 15) is 4.79 Å². The molecule has 25 heavy (non-hydrogen) atoms. The van der Waals surface area contributed by atoms with Crippen LogP contribution in [0.1, 0.15) is 63.9 Å². The predicted molar refractivity (Wildman–Crippen MR) is 97.8 cm³/mol. The van der Waals surface area contributed by atoms with Crippen LogP contribution in [-0.4, -0.2) is 5.97 Å². The van der Waals surface area contributed by atoms with Crippen LogP contribution in [0.25, 0.3) is 0 Å². The highest BCUT2D eigenvalue weighted by molar-refractivity contribution is 5.78. The summed E-state index contributed by atoms with van der Waals surface area (Å²) in [7, 11) is 0. The molecule has 0 amide bonds. The number of fused-ring (bicyclic) bond motifs is 5. The van der Waals surface area contributed by atoms with Gasteiger partial charge in [-0.05, 0) is 62.8 Å². The van der Waals surface area contributed by atoms with Crippen molar-refractivity contribution in [2.24, 2.45) is 23.7 Å². The fourth-order valence-corrected chi connectivity index (χ4v) is 6.57. The van der Waals surface area contributed by atoms with Gasteiger partial charge in [-0.25, -0.2) is 0 Å². The van der Waals surface area contributed by atoms with Crippen molar-refractivity contribution >= 4 is 5.97 Å². The van der Waals surface area contributed by atoms with Gasteiger partial charge in [0.2, 0.25) is 0 Å². The number of rotatable bonds is 1. The SMILES string of the molecule is C[C@]1(c2ccccc2)OC(=O)[C@H]2[C@@H]1[C@@H]1CCCCC1=C1CCCC[C@H]12. The Balaban J connectivity index is 1.66. The zero-order chi connectivity index (χ0) is 17.0. The minimum absolute atomic E-state index is 0.0744. The molecule has 132 valence electrons. The van der Waals surface area contributed by atoms with Gasteiger partial charge in [0.15, 0.2) is 0 Å². The van der Waals surface area contributed by atoms with Gasteiger partial charge in [0.1, 0.15) is 5.60 Å². The number of benzene rings is 1. The van der Waals surface area contributed by atoms with Crippen LogP contribution in [0.15, 0.2) is 41.5 Å². The maximum Gasteiger partial charge on any atom is 0.310 e. The zero-order valence-corrected chi connectivity index (χ0v) is 15.2. The number of carbonyl (C=O) groups is 1. The molecule has 2 saturated carbocycles. The van der Waals surface area contributed by atoms with Crippen LogP contribution in [-0.2, 0) is 15.1 Å². The first-order valence-corrected chi connectivity index (χ1v) is 10.2. The molecule has 1 aliphatic heterocycles. The van der Waals surface area contributed by atoms with E-state index in [2.05, 4.69) is 31.2 Å². The topological polar surface area (TPSA) is 26.3 Å². The molecule has 0 N–H and O–H groups in total. The Labute approximate surface area is 150 Å². The summed E-state index contributed by atoms with van der Waals surface area (Å²) in [5.41, 5.74) is 4.13. The highest BCUT2D eigenvalue weighted by Crippen LogP contribution is 2.61. The Morgan fingerprint density at radius 2 is 1.56 bits per heavy atom. The maximum absolute atomic E-state index is 13.1. The lowest BCUT2D eigenvalue weighted by molar-refractivity contribution is -0.151. The number of hydrogen-bond acceptors (Lipinski definition) is 2. The van der Waals surface area contributed by atoms with Crippen molar-refractivity contribution in [1.29, 1.82) is 0 Å². The lowest BCUT2D eigenvalue weighted by Gasteiger charge is -2.48. The predicted octanol–water partition coefficient (Wildman–Crippen LogP) is 5.38. The normalized spacial score (nSPS) is 40.1. The molecule has 0 radical (unpaired) electrons. The summed E-state index contributed by atoms with van der Waals surface area (Å²) >= 11 is 0. The molecule has 3 aliphatic carbocycles. The van der Waals surface area contributed by atoms with Crippen LogP contribution in [0.5, 0.6) is 0 Å². The molecule has 1 aromatic rings. The Hall–Kier alpha value is -1.57. The van der Waals surface area contributed by atoms with Crippen LogP contribution >= 0.6 is 0 Å². The van der Waals surface area contributed by atoms with Gasteiger partial charge in [-0.1, -0.05) is 54.3 Å². The molecule has 1 heterocycles. The molecular weight excluding hydrogens is 308 g/mol. The van der Waals surface area contributed by atoms with Crippen molar-refractivity contribution in [3.63, 3.8) is 0 Å². The van der Waals surface area contributed by atoms with Crippen LogP contribution in [0.3, 0.4) is 0 Å². The van der Waals surface area contributed by atoms with Gasteiger partial charge in [0, 0.05) is 5.92 Å². The maximum atomic E-state index is 13.1. The van der Waals surface area contributed by atoms with Crippen LogP contribution in [0.4, 0.5) is 0 Å². The summed E-state index contributed by atoms with van der Waals surface area (Å²) in [6.07, 6.45) is 10.1. The number of hydrogen-bond donors (Lipinski definition) is 0. The summed E-state index contributed by atoms with van der Waals surface area (Å²) in [4.78, 5) is 13.1. The van der Waals surface area contributed by atoms with Gasteiger partial charge >= 0.3 is 5.97 Å². The summed E-state index contributed by atoms with van der Waals surface area (Å²) in [6, 6.07) is 10.5. The first kappa shape index (κ1) is 15.7. The Bertz CT molecular complexity index is 719. The fourth-order valence-electron chi connectivity index (χ4n) is 6.57. The van der Waals surface area contributed by atoms with Gasteiger partial charge < -0.3 is 4.74 Å². The highest BCUT2D eigenvalue weighted by atomic mass is 16.6. The van der Waals surface area contributed by atoms with Gasteiger partial charge in [0.05, 0.1) is 5.92 Å². The number of allylic oxidation sites excluding steroid dienone is 2. The van der Waals surface area contributed by atoms with Gasteiger partial charge in [-0.15, -0.1) is 0 Å². The van der Waals surface area contributed by atoms with Crippen molar-refractivity contribution in [3.05, 3.63) is 47.0 Å². The summed E-state index contributed by atoms with van der Waals surface area (Å²) in [5.74, 6) is 1.50. The lowest BCUT2D eigenvalue weighted by Crippen LogP contribution is -2.45. The summed E-state index contributed by atoms with van der Waals surface area (Å²) < 4.78 is 6.21. The number of esters is 1. The highest BCUT2D eigenvalue weighted by Gasteiger charge is 2.62. The largest absolute Gasteiger partial charge is 0.454 e. The molecule has 5 rings (SSSR count). The third-order valence-electron chi connectivity index (χ3n) is 7.55. The van der Waals surface area contributed by atoms with Crippen LogP contribution in [0, 0.1) is 23.7 Å². The fraction of sp³-hybridized carbons (Fsp3) is 0.609. The first-order chi connectivity index (χ1) is 12.2. The second-order valence-electron chi connectivity index (χ2n) is 8.70. The van der Waals surface area contributed by atoms with Crippen LogP contribution < -0.4 is 0 Å². The van der Waals surface area contributed by atoms with Crippen molar-refractivity contribution in [2.75, 3.05) is 0 Å². The molecule has 5 atom stereocenters. The monoisotopic (exact) mass is 336 g/mol. The molecule has 3 fully saturated rings. The van der Waals surface area contributed by atoms with Gasteiger partial charge in [-0.3, -0.25) is 4.79 Å². The van der Waals surface area contributed by atoms with E-state index in [0.29, 0.717) is 17.8 Å². The van der Waals surface area contributed by atoms with E-state index in [4.69, 9.17) is 4.74 Å². The first-order valence-electron chi connectivity index (χ1n) is 10.2. The molecule has 1 aromatic carbocycles. The Morgan fingerprint density at radius 1 is 0.920 bits per heavy atom. The van der Waals surface area contributed by atoms with E-state index >= 15 is 0 Å². The third-order valence-corrected chi connectivity index (χ3v) is 7.55. The quantitative estimate of drug-likeness (QED) is 0.508. The van der Waals surface area contributed by atoms with E-state index < -0.39 is 5.60 Å². The minimum atomic E-state index is -0.459. The Kier molecular flexibility index (Phi) is 3.59. The van der Waals surface area contributed by atoms with E-state index in [0.717, 1.165) is 0 Å². The van der Waals surface area contributed by atoms with Crippen molar-refractivity contribution in [1.82, 2.24) is 0 Å². The van der Waals surface area contributed by atoms with Gasteiger partial charge in [0.25, 0.3) is 0 Å². The minimum Gasteiger partial charge on any atom is -0.454 e. The number of cyclic esters (lactones) is 1. The molecule has 0 aromatic heterocycles. The second-order valence-corrected chi connectivity index (χ2v) is 8.70. The molecule has 4 aliphatic rings. The van der Waals surface area contributed by atoms with Crippen molar-refractivity contribution in [3.8, 4) is 0 Å². The molecule has 2 heteroatoms. The standard InChI is InChI=1S/C23H28O2/c1-23(15-9-3-2-4-10-15)21-19-14-8-6-12-17(19)16-11-5-7-13-18(16)20(21)22(24)25-23/h2-4,9-10,18-21H,5-8,11-14H2,1H3/t18-,19-,20-,21+,23-/m1/s1. The van der Waals surface area contributed by atoms with Crippen molar-refractivity contribution in [2.45, 2.75) is 63.9 Å². The molecule has 0 bridgehead atoms. The molecule has 0 unspecified atom stereocenters. The zero-order valence-electron chi connectivity index (χ0n) is 15.2. The van der Waals surface area contributed by atoms with Crippen molar-refractivity contribution < 1.29 is 9.53 Å². The summed E-state index contributed by atoms with van der Waals surface area (Å²) in [6.45, 7) is 2.19. The second kappa shape index (κ2) is 5.72. The van der Waals surface area contributed by atoms with Crippen LogP contribution in [0.2, 0.25) is 0 Å². The Morgan fingerprint density at radius 3 is 2.28 bits per heavy atom. The van der Waals surface area contributed by atoms with E-state index in [-0.39, 0.29) is 11.9 Å². The van der Waals surface area contributed by atoms with Gasteiger partial charge in [-0.2, -0.15) is 0 Å².